The first-order chi connectivity index (χ1) is 10.2. The molecule has 0 aliphatic carbocycles. The number of rotatable bonds is 5. The van der Waals surface area contributed by atoms with Crippen molar-refractivity contribution >= 4 is 12.7 Å². The van der Waals surface area contributed by atoms with Gasteiger partial charge in [-0.05, 0) is 46.8 Å². The van der Waals surface area contributed by atoms with Crippen LogP contribution in [0.1, 0.15) is 45.6 Å². The van der Waals surface area contributed by atoms with Crippen molar-refractivity contribution < 1.29 is 22.9 Å². The van der Waals surface area contributed by atoms with Crippen LogP contribution in [-0.4, -0.2) is 32.0 Å². The van der Waals surface area contributed by atoms with Crippen molar-refractivity contribution in [2.24, 2.45) is 0 Å². The molecule has 0 N–H and O–H groups in total. The molecule has 2 rings (SSSR count). The van der Waals surface area contributed by atoms with E-state index < -0.39 is 24.0 Å². The van der Waals surface area contributed by atoms with Gasteiger partial charge in [0, 0.05) is 19.1 Å². The van der Waals surface area contributed by atoms with Gasteiger partial charge in [-0.15, -0.1) is 0 Å². The normalized spacial score (nSPS) is 21.1. The van der Waals surface area contributed by atoms with Crippen LogP contribution >= 0.6 is 0 Å². The summed E-state index contributed by atoms with van der Waals surface area (Å²) in [7, 11) is 0.555. The predicted octanol–water partition coefficient (Wildman–Crippen LogP) is 3.94. The van der Waals surface area contributed by atoms with E-state index in [0.717, 1.165) is 5.76 Å². The van der Waals surface area contributed by atoms with Crippen LogP contribution in [0.3, 0.4) is 0 Å². The third-order valence-corrected chi connectivity index (χ3v) is 4.34. The highest BCUT2D eigenvalue weighted by molar-refractivity contribution is 6.55. The molecule has 1 aromatic heterocycles. The summed E-state index contributed by atoms with van der Waals surface area (Å²) < 4.78 is 37.2. The van der Waals surface area contributed by atoms with Gasteiger partial charge in [-0.25, -0.2) is 4.39 Å². The summed E-state index contributed by atoms with van der Waals surface area (Å²) >= 11 is 0. The van der Waals surface area contributed by atoms with Gasteiger partial charge in [-0.1, -0.05) is 0 Å². The number of halogens is 1. The van der Waals surface area contributed by atoms with Crippen LogP contribution in [0.4, 0.5) is 4.39 Å². The number of hydrogen-bond donors (Lipinski definition) is 0. The SMILES string of the molecule is COCCC(=C(F)B1OC(C)(C)C(C)(C)O1)c1ccc(C)o1. The quantitative estimate of drug-likeness (QED) is 0.773. The zero-order chi connectivity index (χ0) is 16.5. The van der Waals surface area contributed by atoms with E-state index in [2.05, 4.69) is 0 Å². The van der Waals surface area contributed by atoms with Gasteiger partial charge in [-0.3, -0.25) is 0 Å². The second-order valence-electron chi connectivity index (χ2n) is 6.57. The molecule has 1 saturated heterocycles. The molecule has 0 bridgehead atoms. The summed E-state index contributed by atoms with van der Waals surface area (Å²) in [5, 5.41) is 0. The lowest BCUT2D eigenvalue weighted by atomic mass is 9.83. The Balaban J connectivity index is 2.34. The van der Waals surface area contributed by atoms with Crippen molar-refractivity contribution in [1.82, 2.24) is 0 Å². The summed E-state index contributed by atoms with van der Waals surface area (Å²) in [6.07, 6.45) is 0.388. The molecule has 4 nitrogen and oxygen atoms in total. The molecule has 0 spiro atoms. The summed E-state index contributed by atoms with van der Waals surface area (Å²) in [6.45, 7) is 9.79. The molecule has 0 radical (unpaired) electrons. The molecule has 0 atom stereocenters. The zero-order valence-electron chi connectivity index (χ0n) is 14.2. The molecular weight excluding hydrogens is 286 g/mol. The fourth-order valence-corrected chi connectivity index (χ4v) is 2.25. The average molecular weight is 310 g/mol. The molecule has 0 unspecified atom stereocenters. The molecule has 1 aliphatic rings. The molecule has 0 saturated carbocycles. The number of ether oxygens (including phenoxy) is 1. The first-order valence-corrected chi connectivity index (χ1v) is 7.48. The molecule has 1 aromatic rings. The Labute approximate surface area is 131 Å². The van der Waals surface area contributed by atoms with Gasteiger partial charge in [0.1, 0.15) is 17.2 Å². The Morgan fingerprint density at radius 3 is 2.23 bits per heavy atom. The van der Waals surface area contributed by atoms with Gasteiger partial charge in [0.25, 0.3) is 0 Å². The van der Waals surface area contributed by atoms with Gasteiger partial charge < -0.3 is 18.5 Å². The molecule has 1 aliphatic heterocycles. The topological polar surface area (TPSA) is 40.8 Å². The maximum absolute atomic E-state index is 15.0. The fourth-order valence-electron chi connectivity index (χ4n) is 2.25. The first kappa shape index (κ1) is 17.3. The minimum absolute atomic E-state index is 0.388. The van der Waals surface area contributed by atoms with Crippen LogP contribution in [0.2, 0.25) is 0 Å². The molecule has 0 aromatic carbocycles. The minimum atomic E-state index is -1.03. The lowest BCUT2D eigenvalue weighted by molar-refractivity contribution is 0.00578. The van der Waals surface area contributed by atoms with Gasteiger partial charge in [0.2, 0.25) is 0 Å². The Bertz CT molecular complexity index is 546. The smallest absolute Gasteiger partial charge is 0.462 e. The third kappa shape index (κ3) is 3.29. The van der Waals surface area contributed by atoms with E-state index in [0.29, 0.717) is 24.4 Å². The van der Waals surface area contributed by atoms with E-state index in [1.54, 1.807) is 19.2 Å². The summed E-state index contributed by atoms with van der Waals surface area (Å²) in [5.74, 6) is 1.22. The average Bonchev–Trinajstić information content (AvgIpc) is 2.92. The van der Waals surface area contributed by atoms with Gasteiger partial charge in [0.05, 0.1) is 17.8 Å². The van der Waals surface area contributed by atoms with E-state index in [1.165, 1.54) is 0 Å². The Kier molecular flexibility index (Phi) is 4.85. The number of furan rings is 1. The van der Waals surface area contributed by atoms with Crippen LogP contribution in [0, 0.1) is 6.92 Å². The molecule has 122 valence electrons. The van der Waals surface area contributed by atoms with E-state index >= 15 is 0 Å². The van der Waals surface area contributed by atoms with Crippen LogP contribution in [-0.2, 0) is 14.0 Å². The maximum Gasteiger partial charge on any atom is 0.525 e. The van der Waals surface area contributed by atoms with Crippen molar-refractivity contribution in [3.63, 3.8) is 0 Å². The Morgan fingerprint density at radius 1 is 1.18 bits per heavy atom. The Morgan fingerprint density at radius 2 is 1.77 bits per heavy atom. The minimum Gasteiger partial charge on any atom is -0.462 e. The second kappa shape index (κ2) is 6.18. The van der Waals surface area contributed by atoms with Crippen LogP contribution < -0.4 is 0 Å². The fraction of sp³-hybridized carbons (Fsp3) is 0.625. The molecule has 1 fully saturated rings. The van der Waals surface area contributed by atoms with Crippen molar-refractivity contribution in [1.29, 1.82) is 0 Å². The number of hydrogen-bond acceptors (Lipinski definition) is 4. The van der Waals surface area contributed by atoms with Crippen LogP contribution in [0.5, 0.6) is 0 Å². The van der Waals surface area contributed by atoms with E-state index in [-0.39, 0.29) is 0 Å². The van der Waals surface area contributed by atoms with E-state index in [4.69, 9.17) is 18.5 Å². The highest BCUT2D eigenvalue weighted by atomic mass is 19.1. The van der Waals surface area contributed by atoms with E-state index in [1.807, 2.05) is 34.6 Å². The lowest BCUT2D eigenvalue weighted by Gasteiger charge is -2.32. The van der Waals surface area contributed by atoms with Crippen molar-refractivity contribution in [2.45, 2.75) is 52.2 Å². The predicted molar refractivity (Wildman–Crippen MR) is 84.0 cm³/mol. The molecular formula is C16H24BFO4. The van der Waals surface area contributed by atoms with Gasteiger partial charge in [0.15, 0.2) is 0 Å². The number of methoxy groups -OCH3 is 1. The van der Waals surface area contributed by atoms with Crippen LogP contribution in [0.15, 0.2) is 22.3 Å². The summed E-state index contributed by atoms with van der Waals surface area (Å²) in [6, 6.07) is 3.56. The van der Waals surface area contributed by atoms with Crippen molar-refractivity contribution in [3.05, 3.63) is 29.4 Å². The third-order valence-electron chi connectivity index (χ3n) is 4.34. The summed E-state index contributed by atoms with van der Waals surface area (Å²) in [5.41, 5.74) is -1.19. The Hall–Kier alpha value is -1.11. The highest BCUT2D eigenvalue weighted by Gasteiger charge is 2.53. The second-order valence-corrected chi connectivity index (χ2v) is 6.57. The molecule has 22 heavy (non-hydrogen) atoms. The first-order valence-electron chi connectivity index (χ1n) is 7.48. The lowest BCUT2D eigenvalue weighted by Crippen LogP contribution is -2.41. The maximum atomic E-state index is 15.0. The monoisotopic (exact) mass is 310 g/mol. The van der Waals surface area contributed by atoms with Gasteiger partial charge >= 0.3 is 7.12 Å². The highest BCUT2D eigenvalue weighted by Crippen LogP contribution is 2.40. The molecule has 2 heterocycles. The van der Waals surface area contributed by atoms with Crippen molar-refractivity contribution in [3.8, 4) is 0 Å². The van der Waals surface area contributed by atoms with E-state index in [9.17, 15) is 4.39 Å². The number of aryl methyl sites for hydroxylation is 1. The molecule has 6 heteroatoms. The summed E-state index contributed by atoms with van der Waals surface area (Å²) in [4.78, 5) is 0. The van der Waals surface area contributed by atoms with Crippen LogP contribution in [0.25, 0.3) is 5.57 Å². The van der Waals surface area contributed by atoms with Crippen molar-refractivity contribution in [2.75, 3.05) is 13.7 Å². The zero-order valence-corrected chi connectivity index (χ0v) is 14.2. The largest absolute Gasteiger partial charge is 0.525 e. The van der Waals surface area contributed by atoms with Gasteiger partial charge in [-0.2, -0.15) is 0 Å². The molecule has 0 amide bonds. The standard InChI is InChI=1S/C16H24BFO4/c1-11-7-8-13(20-11)12(9-10-19-6)14(18)17-21-15(2,3)16(4,5)22-17/h7-8H,9-10H2,1-6H3.